The first-order chi connectivity index (χ1) is 13.1. The van der Waals surface area contributed by atoms with Crippen LogP contribution in [-0.4, -0.2) is 23.2 Å². The van der Waals surface area contributed by atoms with Gasteiger partial charge in [-0.25, -0.2) is 8.78 Å². The molecular weight excluding hydrogens is 400 g/mol. The van der Waals surface area contributed by atoms with Crippen molar-refractivity contribution in [1.82, 2.24) is 5.32 Å². The van der Waals surface area contributed by atoms with E-state index in [9.17, 15) is 27.5 Å². The Bertz CT molecular complexity index is 922. The van der Waals surface area contributed by atoms with Crippen LogP contribution in [0.4, 0.5) is 23.2 Å². The van der Waals surface area contributed by atoms with Gasteiger partial charge < -0.3 is 15.2 Å². The molecule has 5 nitrogen and oxygen atoms in total. The molecule has 10 heteroatoms. The Morgan fingerprint density at radius 2 is 1.68 bits per heavy atom. The molecule has 0 heterocycles. The number of ether oxygens (including phenoxy) is 1. The summed E-state index contributed by atoms with van der Waals surface area (Å²) in [6.45, 7) is 3.82. The van der Waals surface area contributed by atoms with Crippen molar-refractivity contribution in [1.29, 1.82) is 0 Å². The van der Waals surface area contributed by atoms with E-state index >= 15 is 0 Å². The Labute approximate surface area is 163 Å². The number of carbonyl (C=O) groups is 1. The van der Waals surface area contributed by atoms with Gasteiger partial charge in [0, 0.05) is 0 Å². The first kappa shape index (κ1) is 21.4. The number of phenolic OH excluding ortho intramolecular Hbond substituents is 1. The number of hydrogen-bond donors (Lipinski definition) is 3. The molecule has 2 aromatic rings. The fraction of sp³-hybridized carbons (Fsp3) is 0.222. The molecule has 0 aliphatic rings. The quantitative estimate of drug-likeness (QED) is 0.302. The molecule has 0 radical (unpaired) electrons. The van der Waals surface area contributed by atoms with Crippen molar-refractivity contribution in [3.8, 4) is 11.5 Å². The molecule has 0 saturated carbocycles. The fourth-order valence-electron chi connectivity index (χ4n) is 2.32. The minimum atomic E-state index is -1.93. The molecule has 3 N–H and O–H groups in total. The van der Waals surface area contributed by atoms with Gasteiger partial charge in [0.15, 0.2) is 22.5 Å². The van der Waals surface area contributed by atoms with Gasteiger partial charge in [-0.15, -0.1) is 0 Å². The molecule has 0 atom stereocenters. The second-order valence-electron chi connectivity index (χ2n) is 6.00. The van der Waals surface area contributed by atoms with E-state index in [1.54, 1.807) is 12.1 Å². The van der Waals surface area contributed by atoms with E-state index in [1.807, 2.05) is 19.2 Å². The number of rotatable bonds is 4. The van der Waals surface area contributed by atoms with Crippen molar-refractivity contribution in [2.75, 3.05) is 12.4 Å². The summed E-state index contributed by atoms with van der Waals surface area (Å²) in [5.74, 6) is -10.4. The molecule has 0 bridgehead atoms. The van der Waals surface area contributed by atoms with E-state index in [1.165, 1.54) is 6.07 Å². The minimum Gasteiger partial charge on any atom is -0.506 e. The van der Waals surface area contributed by atoms with Gasteiger partial charge in [-0.05, 0) is 35.8 Å². The molecule has 0 aliphatic heterocycles. The highest BCUT2D eigenvalue weighted by molar-refractivity contribution is 7.80. The van der Waals surface area contributed by atoms with Gasteiger partial charge in [-0.1, -0.05) is 19.9 Å². The van der Waals surface area contributed by atoms with Crippen LogP contribution in [0.3, 0.4) is 0 Å². The van der Waals surface area contributed by atoms with E-state index < -0.39 is 45.6 Å². The van der Waals surface area contributed by atoms with Crippen LogP contribution in [0.15, 0.2) is 18.2 Å². The first-order valence-electron chi connectivity index (χ1n) is 7.93. The number of thiocarbonyl (C=S) groups is 1. The second-order valence-corrected chi connectivity index (χ2v) is 6.41. The Kier molecular flexibility index (Phi) is 6.45. The van der Waals surface area contributed by atoms with Crippen LogP contribution in [0.25, 0.3) is 0 Å². The number of amides is 1. The van der Waals surface area contributed by atoms with Crippen molar-refractivity contribution in [3.05, 3.63) is 52.6 Å². The summed E-state index contributed by atoms with van der Waals surface area (Å²) in [4.78, 5) is 12.1. The maximum Gasteiger partial charge on any atom is 0.263 e. The zero-order valence-corrected chi connectivity index (χ0v) is 15.8. The zero-order chi connectivity index (χ0) is 21.2. The standard InChI is InChI=1S/C18H16F4N2O3S/c1-7(2)8-4-5-10(25)9(6-8)23-18(28)24-17(26)11-12(19)14(21)16(27-3)15(22)13(11)20/h4-7,25H,1-3H3,(H2,23,24,26,28). The number of anilines is 1. The zero-order valence-electron chi connectivity index (χ0n) is 15.0. The highest BCUT2D eigenvalue weighted by atomic mass is 32.1. The molecule has 0 saturated heterocycles. The second kappa shape index (κ2) is 8.42. The summed E-state index contributed by atoms with van der Waals surface area (Å²) in [7, 11) is 0.816. The van der Waals surface area contributed by atoms with Crippen LogP contribution in [-0.2, 0) is 0 Å². The monoisotopic (exact) mass is 416 g/mol. The molecule has 28 heavy (non-hydrogen) atoms. The van der Waals surface area contributed by atoms with Crippen LogP contribution in [0.5, 0.6) is 11.5 Å². The molecule has 0 fully saturated rings. The molecule has 0 unspecified atom stereocenters. The Morgan fingerprint density at radius 1 is 1.11 bits per heavy atom. The molecular formula is C18H16F4N2O3S. The third-order valence-electron chi connectivity index (χ3n) is 3.82. The maximum atomic E-state index is 14.0. The van der Waals surface area contributed by atoms with E-state index in [4.69, 9.17) is 12.2 Å². The van der Waals surface area contributed by atoms with Crippen molar-refractivity contribution >= 4 is 28.9 Å². The Balaban J connectivity index is 2.27. The number of carbonyl (C=O) groups excluding carboxylic acids is 1. The SMILES string of the molecule is COc1c(F)c(F)c(C(=O)NC(=S)Nc2cc(C(C)C)ccc2O)c(F)c1F. The smallest absolute Gasteiger partial charge is 0.263 e. The average molecular weight is 416 g/mol. The van der Waals surface area contributed by atoms with Crippen LogP contribution < -0.4 is 15.4 Å². The summed E-state index contributed by atoms with van der Waals surface area (Å²) in [5, 5.41) is 13.8. The lowest BCUT2D eigenvalue weighted by Crippen LogP contribution is -2.35. The van der Waals surface area contributed by atoms with Crippen LogP contribution >= 0.6 is 12.2 Å². The van der Waals surface area contributed by atoms with Crippen molar-refractivity contribution in [3.63, 3.8) is 0 Å². The molecule has 0 spiro atoms. The summed E-state index contributed by atoms with van der Waals surface area (Å²) in [5.41, 5.74) is -0.532. The molecule has 2 rings (SSSR count). The number of hydrogen-bond acceptors (Lipinski definition) is 4. The van der Waals surface area contributed by atoms with Crippen LogP contribution in [0.2, 0.25) is 0 Å². The Hall–Kier alpha value is -2.88. The lowest BCUT2D eigenvalue weighted by Gasteiger charge is -2.14. The van der Waals surface area contributed by atoms with E-state index in [0.29, 0.717) is 0 Å². The number of halogens is 4. The van der Waals surface area contributed by atoms with Crippen molar-refractivity contribution in [2.45, 2.75) is 19.8 Å². The minimum absolute atomic E-state index is 0.123. The van der Waals surface area contributed by atoms with Gasteiger partial charge in [0.05, 0.1) is 12.8 Å². The predicted molar refractivity (Wildman–Crippen MR) is 98.7 cm³/mol. The number of methoxy groups -OCH3 is 1. The number of phenols is 1. The van der Waals surface area contributed by atoms with Gasteiger partial charge >= 0.3 is 0 Å². The van der Waals surface area contributed by atoms with Gasteiger partial charge in [0.25, 0.3) is 5.91 Å². The van der Waals surface area contributed by atoms with Crippen LogP contribution in [0.1, 0.15) is 35.7 Å². The van der Waals surface area contributed by atoms with Gasteiger partial charge in [-0.3, -0.25) is 10.1 Å². The van der Waals surface area contributed by atoms with Crippen molar-refractivity contribution in [2.24, 2.45) is 0 Å². The third-order valence-corrected chi connectivity index (χ3v) is 4.02. The maximum absolute atomic E-state index is 14.0. The highest BCUT2D eigenvalue weighted by Crippen LogP contribution is 2.30. The van der Waals surface area contributed by atoms with Crippen LogP contribution in [0, 0.1) is 23.3 Å². The average Bonchev–Trinajstić information content (AvgIpc) is 2.62. The molecule has 2 aromatic carbocycles. The number of nitrogens with one attached hydrogen (secondary N) is 2. The lowest BCUT2D eigenvalue weighted by atomic mass is 10.0. The van der Waals surface area contributed by atoms with Gasteiger partial charge in [-0.2, -0.15) is 8.78 Å². The largest absolute Gasteiger partial charge is 0.506 e. The fourth-order valence-corrected chi connectivity index (χ4v) is 2.52. The molecule has 0 aromatic heterocycles. The first-order valence-corrected chi connectivity index (χ1v) is 8.34. The van der Waals surface area contributed by atoms with E-state index in [-0.39, 0.29) is 17.4 Å². The highest BCUT2D eigenvalue weighted by Gasteiger charge is 2.30. The molecule has 0 aliphatic carbocycles. The summed E-state index contributed by atoms with van der Waals surface area (Å²) in [6.07, 6.45) is 0. The summed E-state index contributed by atoms with van der Waals surface area (Å²) < 4.78 is 59.7. The third kappa shape index (κ3) is 4.16. The van der Waals surface area contributed by atoms with E-state index in [2.05, 4.69) is 10.1 Å². The summed E-state index contributed by atoms with van der Waals surface area (Å²) in [6, 6.07) is 4.64. The lowest BCUT2D eigenvalue weighted by molar-refractivity contribution is 0.0966. The van der Waals surface area contributed by atoms with Crippen molar-refractivity contribution < 1.29 is 32.2 Å². The predicted octanol–water partition coefficient (Wildman–Crippen LogP) is 4.21. The van der Waals surface area contributed by atoms with E-state index in [0.717, 1.165) is 12.7 Å². The summed E-state index contributed by atoms with van der Waals surface area (Å²) >= 11 is 4.87. The molecule has 1 amide bonds. The normalized spacial score (nSPS) is 10.7. The van der Waals surface area contributed by atoms with Gasteiger partial charge in [0.2, 0.25) is 11.6 Å². The Morgan fingerprint density at radius 3 is 2.18 bits per heavy atom. The number of aromatic hydroxyl groups is 1. The number of benzene rings is 2. The molecule has 150 valence electrons. The van der Waals surface area contributed by atoms with Gasteiger partial charge in [0.1, 0.15) is 11.3 Å². The topological polar surface area (TPSA) is 70.6 Å².